The van der Waals surface area contributed by atoms with Gasteiger partial charge in [-0.05, 0) is 50.5 Å². The summed E-state index contributed by atoms with van der Waals surface area (Å²) in [5.74, 6) is -1.34. The van der Waals surface area contributed by atoms with E-state index in [2.05, 4.69) is 12.1 Å². The number of ether oxygens (including phenoxy) is 1. The molecule has 154 valence electrons. The van der Waals surface area contributed by atoms with Crippen molar-refractivity contribution in [3.05, 3.63) is 35.9 Å². The zero-order chi connectivity index (χ0) is 20.6. The first kappa shape index (κ1) is 22.1. The molecule has 0 spiro atoms. The van der Waals surface area contributed by atoms with Crippen molar-refractivity contribution in [1.82, 2.24) is 4.90 Å². The highest BCUT2D eigenvalue weighted by molar-refractivity contribution is 6.38. The standard InChI is InChI=1S/C23H33NO4/c1-4-23(2,3)20(25)21(26)24-16-10-8-15-19(24)22(27)28-17-11-9-14-18-12-6-5-7-13-18/h5-7,12-13,19H,4,8-11,14-17H2,1-3H3. The fraction of sp³-hybridized carbons (Fsp3) is 0.609. The van der Waals surface area contributed by atoms with Crippen LogP contribution in [0.15, 0.2) is 30.3 Å². The summed E-state index contributed by atoms with van der Waals surface area (Å²) in [4.78, 5) is 39.3. The number of unbranched alkanes of at least 4 members (excludes halogenated alkanes) is 1. The van der Waals surface area contributed by atoms with Gasteiger partial charge in [0.15, 0.2) is 0 Å². The van der Waals surface area contributed by atoms with Gasteiger partial charge in [-0.1, -0.05) is 51.1 Å². The van der Waals surface area contributed by atoms with E-state index in [4.69, 9.17) is 4.74 Å². The minimum absolute atomic E-state index is 0.346. The first-order chi connectivity index (χ1) is 13.4. The maximum atomic E-state index is 12.7. The Balaban J connectivity index is 1.84. The van der Waals surface area contributed by atoms with Gasteiger partial charge in [0.1, 0.15) is 6.04 Å². The number of rotatable bonds is 9. The molecule has 1 unspecified atom stereocenters. The summed E-state index contributed by atoms with van der Waals surface area (Å²) in [6.07, 6.45) is 5.50. The summed E-state index contributed by atoms with van der Waals surface area (Å²) in [6, 6.07) is 9.58. The number of ketones is 1. The molecular formula is C23H33NO4. The first-order valence-electron chi connectivity index (χ1n) is 10.4. The maximum Gasteiger partial charge on any atom is 0.328 e. The van der Waals surface area contributed by atoms with Gasteiger partial charge in [-0.2, -0.15) is 0 Å². The molecule has 1 aliphatic rings. The lowest BCUT2D eigenvalue weighted by atomic mass is 9.84. The van der Waals surface area contributed by atoms with Crippen molar-refractivity contribution in [3.63, 3.8) is 0 Å². The second-order valence-electron chi connectivity index (χ2n) is 8.19. The van der Waals surface area contributed by atoms with Crippen molar-refractivity contribution >= 4 is 17.7 Å². The average Bonchev–Trinajstić information content (AvgIpc) is 2.73. The van der Waals surface area contributed by atoms with E-state index in [1.54, 1.807) is 13.8 Å². The molecule has 1 aliphatic heterocycles. The lowest BCUT2D eigenvalue weighted by Gasteiger charge is -2.35. The molecule has 1 aromatic rings. The second kappa shape index (κ2) is 10.4. The smallest absolute Gasteiger partial charge is 0.328 e. The van der Waals surface area contributed by atoms with Gasteiger partial charge in [-0.3, -0.25) is 9.59 Å². The summed E-state index contributed by atoms with van der Waals surface area (Å²) in [5.41, 5.74) is 0.565. The SMILES string of the molecule is CCC(C)(C)C(=O)C(=O)N1CCCCC1C(=O)OCCCCc1ccccc1. The average molecular weight is 388 g/mol. The highest BCUT2D eigenvalue weighted by Gasteiger charge is 2.40. The minimum atomic E-state index is -0.708. The first-order valence-corrected chi connectivity index (χ1v) is 10.4. The van der Waals surface area contributed by atoms with Crippen LogP contribution in [-0.4, -0.2) is 41.8 Å². The third-order valence-electron chi connectivity index (χ3n) is 5.68. The second-order valence-corrected chi connectivity index (χ2v) is 8.19. The van der Waals surface area contributed by atoms with E-state index in [0.717, 1.165) is 32.1 Å². The van der Waals surface area contributed by atoms with E-state index >= 15 is 0 Å². The Morgan fingerprint density at radius 3 is 2.50 bits per heavy atom. The molecule has 0 saturated carbocycles. The Morgan fingerprint density at radius 1 is 1.11 bits per heavy atom. The van der Waals surface area contributed by atoms with Crippen LogP contribution in [0.3, 0.4) is 0 Å². The van der Waals surface area contributed by atoms with Gasteiger partial charge in [0.25, 0.3) is 5.91 Å². The normalized spacial score (nSPS) is 17.2. The molecule has 0 radical (unpaired) electrons. The number of benzene rings is 1. The van der Waals surface area contributed by atoms with E-state index in [9.17, 15) is 14.4 Å². The van der Waals surface area contributed by atoms with Crippen LogP contribution in [-0.2, 0) is 25.5 Å². The van der Waals surface area contributed by atoms with Gasteiger partial charge in [0.05, 0.1) is 6.61 Å². The van der Waals surface area contributed by atoms with Crippen LogP contribution in [0.25, 0.3) is 0 Å². The van der Waals surface area contributed by atoms with Gasteiger partial charge >= 0.3 is 5.97 Å². The van der Waals surface area contributed by atoms with Crippen molar-refractivity contribution in [1.29, 1.82) is 0 Å². The van der Waals surface area contributed by atoms with Crippen molar-refractivity contribution in [3.8, 4) is 0 Å². The Labute approximate surface area is 168 Å². The topological polar surface area (TPSA) is 63.7 Å². The monoisotopic (exact) mass is 387 g/mol. The van der Waals surface area contributed by atoms with E-state index in [1.807, 2.05) is 25.1 Å². The number of carbonyl (C=O) groups excluding carboxylic acids is 3. The molecule has 28 heavy (non-hydrogen) atoms. The quantitative estimate of drug-likeness (QED) is 0.366. The van der Waals surface area contributed by atoms with Crippen LogP contribution >= 0.6 is 0 Å². The summed E-state index contributed by atoms with van der Waals surface area (Å²) in [7, 11) is 0. The van der Waals surface area contributed by atoms with Gasteiger partial charge < -0.3 is 9.64 Å². The van der Waals surface area contributed by atoms with Gasteiger partial charge in [-0.15, -0.1) is 0 Å². The number of piperidine rings is 1. The van der Waals surface area contributed by atoms with E-state index in [0.29, 0.717) is 26.0 Å². The van der Waals surface area contributed by atoms with Crippen molar-refractivity contribution < 1.29 is 19.1 Å². The molecule has 2 rings (SSSR count). The number of Topliss-reactive ketones (excluding diaryl/α,β-unsaturated/α-hetero) is 1. The number of hydrogen-bond acceptors (Lipinski definition) is 4. The maximum absolute atomic E-state index is 12.7. The largest absolute Gasteiger partial charge is 0.464 e. The molecule has 1 atom stereocenters. The Bertz CT molecular complexity index is 668. The third-order valence-corrected chi connectivity index (χ3v) is 5.68. The molecule has 5 nitrogen and oxygen atoms in total. The van der Waals surface area contributed by atoms with Gasteiger partial charge in [0.2, 0.25) is 5.78 Å². The highest BCUT2D eigenvalue weighted by atomic mass is 16.5. The van der Waals surface area contributed by atoms with Gasteiger partial charge in [-0.25, -0.2) is 4.79 Å². The van der Waals surface area contributed by atoms with Crippen LogP contribution in [0.2, 0.25) is 0 Å². The van der Waals surface area contributed by atoms with Gasteiger partial charge in [0, 0.05) is 12.0 Å². The molecule has 5 heteroatoms. The molecule has 0 N–H and O–H groups in total. The molecular weight excluding hydrogens is 354 g/mol. The van der Waals surface area contributed by atoms with Crippen LogP contribution in [0.4, 0.5) is 0 Å². The van der Waals surface area contributed by atoms with Crippen molar-refractivity contribution in [2.24, 2.45) is 5.41 Å². The van der Waals surface area contributed by atoms with E-state index < -0.39 is 23.1 Å². The molecule has 1 amide bonds. The van der Waals surface area contributed by atoms with Crippen LogP contribution in [0.5, 0.6) is 0 Å². The van der Waals surface area contributed by atoms with Crippen molar-refractivity contribution in [2.75, 3.05) is 13.2 Å². The third kappa shape index (κ3) is 5.91. The predicted octanol–water partition coefficient (Wildman–Crippen LogP) is 3.94. The number of likely N-dealkylation sites (tertiary alicyclic amines) is 1. The Kier molecular flexibility index (Phi) is 8.21. The predicted molar refractivity (Wildman–Crippen MR) is 109 cm³/mol. The molecule has 1 aromatic carbocycles. The summed E-state index contributed by atoms with van der Waals surface area (Å²) in [6.45, 7) is 6.23. The lowest BCUT2D eigenvalue weighted by Crippen LogP contribution is -2.53. The van der Waals surface area contributed by atoms with Crippen molar-refractivity contribution in [2.45, 2.75) is 71.8 Å². The Hall–Kier alpha value is -2.17. The summed E-state index contributed by atoms with van der Waals surface area (Å²) >= 11 is 0. The van der Waals surface area contributed by atoms with Crippen LogP contribution in [0.1, 0.15) is 64.9 Å². The fourth-order valence-corrected chi connectivity index (χ4v) is 3.34. The number of nitrogens with zero attached hydrogens (tertiary/aromatic N) is 1. The number of esters is 1. The molecule has 1 saturated heterocycles. The number of carbonyl (C=O) groups is 3. The lowest BCUT2D eigenvalue weighted by molar-refractivity contribution is -0.161. The number of amides is 1. The van der Waals surface area contributed by atoms with Crippen LogP contribution < -0.4 is 0 Å². The minimum Gasteiger partial charge on any atom is -0.464 e. The number of aryl methyl sites for hydroxylation is 1. The zero-order valence-corrected chi connectivity index (χ0v) is 17.4. The van der Waals surface area contributed by atoms with Crippen LogP contribution in [0, 0.1) is 5.41 Å². The fourth-order valence-electron chi connectivity index (χ4n) is 3.34. The highest BCUT2D eigenvalue weighted by Crippen LogP contribution is 2.25. The molecule has 0 bridgehead atoms. The zero-order valence-electron chi connectivity index (χ0n) is 17.4. The Morgan fingerprint density at radius 2 is 1.82 bits per heavy atom. The summed E-state index contributed by atoms with van der Waals surface area (Å²) in [5, 5.41) is 0. The van der Waals surface area contributed by atoms with E-state index in [1.165, 1.54) is 10.5 Å². The summed E-state index contributed by atoms with van der Waals surface area (Å²) < 4.78 is 5.45. The number of hydrogen-bond donors (Lipinski definition) is 0. The molecule has 0 aromatic heterocycles. The molecule has 1 fully saturated rings. The molecule has 0 aliphatic carbocycles. The van der Waals surface area contributed by atoms with E-state index in [-0.39, 0.29) is 5.97 Å². The molecule has 1 heterocycles.